The van der Waals surface area contributed by atoms with E-state index >= 15 is 0 Å². The molecule has 0 spiro atoms. The summed E-state index contributed by atoms with van der Waals surface area (Å²) in [4.78, 5) is 23.8. The van der Waals surface area contributed by atoms with Gasteiger partial charge in [0.1, 0.15) is 5.82 Å². The predicted molar refractivity (Wildman–Crippen MR) is 84.4 cm³/mol. The zero-order valence-electron chi connectivity index (χ0n) is 12.8. The fourth-order valence-electron chi connectivity index (χ4n) is 2.14. The van der Waals surface area contributed by atoms with Crippen LogP contribution in [-0.4, -0.2) is 18.9 Å². The molecule has 1 atom stereocenters. The van der Waals surface area contributed by atoms with Crippen LogP contribution in [0, 0.1) is 5.82 Å². The number of hydrogen-bond acceptors (Lipinski definition) is 3. The van der Waals surface area contributed by atoms with Gasteiger partial charge in [0.15, 0.2) is 5.60 Å². The molecule has 120 valence electrons. The summed E-state index contributed by atoms with van der Waals surface area (Å²) in [5, 5.41) is 2.62. The van der Waals surface area contributed by atoms with Gasteiger partial charge in [0.25, 0.3) is 11.8 Å². The molecule has 0 aliphatic heterocycles. The quantitative estimate of drug-likeness (QED) is 0.889. The third-order valence-electron chi connectivity index (χ3n) is 3.66. The lowest BCUT2D eigenvalue weighted by atomic mass is 9.94. The monoisotopic (exact) mass is 316 g/mol. The molecule has 6 heteroatoms. The first-order valence-electron chi connectivity index (χ1n) is 6.90. The van der Waals surface area contributed by atoms with E-state index in [0.717, 1.165) is 6.07 Å². The van der Waals surface area contributed by atoms with Crippen molar-refractivity contribution in [2.45, 2.75) is 12.5 Å². The summed E-state index contributed by atoms with van der Waals surface area (Å²) >= 11 is 0. The number of benzene rings is 2. The van der Waals surface area contributed by atoms with Crippen LogP contribution in [0.1, 0.15) is 22.8 Å². The van der Waals surface area contributed by atoms with Crippen LogP contribution in [0.5, 0.6) is 0 Å². The van der Waals surface area contributed by atoms with Crippen LogP contribution in [0.2, 0.25) is 0 Å². The molecule has 2 rings (SSSR count). The number of carbonyl (C=O) groups excluding carboxylic acids is 2. The van der Waals surface area contributed by atoms with Gasteiger partial charge in [-0.15, -0.1) is 0 Å². The van der Waals surface area contributed by atoms with Crippen molar-refractivity contribution >= 4 is 17.5 Å². The summed E-state index contributed by atoms with van der Waals surface area (Å²) in [5.41, 5.74) is 4.50. The Balaban J connectivity index is 2.30. The van der Waals surface area contributed by atoms with E-state index in [2.05, 4.69) is 5.32 Å². The highest BCUT2D eigenvalue weighted by Gasteiger charge is 2.35. The molecule has 0 saturated heterocycles. The number of ether oxygens (including phenoxy) is 1. The van der Waals surface area contributed by atoms with Gasteiger partial charge in [0.2, 0.25) is 0 Å². The van der Waals surface area contributed by atoms with Gasteiger partial charge in [0.05, 0.1) is 5.56 Å². The molecular weight excluding hydrogens is 299 g/mol. The zero-order chi connectivity index (χ0) is 17.0. The average Bonchev–Trinajstić information content (AvgIpc) is 2.56. The zero-order valence-corrected chi connectivity index (χ0v) is 12.8. The van der Waals surface area contributed by atoms with Crippen molar-refractivity contribution in [1.29, 1.82) is 0 Å². The molecule has 0 aromatic heterocycles. The van der Waals surface area contributed by atoms with E-state index in [9.17, 15) is 14.0 Å². The van der Waals surface area contributed by atoms with E-state index in [-0.39, 0.29) is 11.3 Å². The molecule has 5 nitrogen and oxygen atoms in total. The number of methoxy groups -OCH3 is 1. The largest absolute Gasteiger partial charge is 0.366 e. The molecular formula is C17H17FN2O3. The Bertz CT molecular complexity index is 734. The van der Waals surface area contributed by atoms with Crippen molar-refractivity contribution in [1.82, 2.24) is 0 Å². The number of amides is 2. The number of hydrogen-bond donors (Lipinski definition) is 2. The number of nitrogens with two attached hydrogens (primary N) is 1. The second-order valence-corrected chi connectivity index (χ2v) is 5.12. The predicted octanol–water partition coefficient (Wildman–Crippen LogP) is 2.42. The third-order valence-corrected chi connectivity index (χ3v) is 3.66. The lowest BCUT2D eigenvalue weighted by molar-refractivity contribution is -0.136. The fourth-order valence-corrected chi connectivity index (χ4v) is 2.14. The van der Waals surface area contributed by atoms with Crippen LogP contribution in [0.4, 0.5) is 10.1 Å². The van der Waals surface area contributed by atoms with E-state index in [4.69, 9.17) is 10.5 Å². The first-order chi connectivity index (χ1) is 10.9. The minimum absolute atomic E-state index is 0.254. The van der Waals surface area contributed by atoms with Crippen LogP contribution in [0.3, 0.4) is 0 Å². The number of rotatable bonds is 5. The molecule has 0 aliphatic carbocycles. The van der Waals surface area contributed by atoms with Gasteiger partial charge in [-0.1, -0.05) is 30.3 Å². The second-order valence-electron chi connectivity index (χ2n) is 5.12. The smallest absolute Gasteiger partial charge is 0.260 e. The summed E-state index contributed by atoms with van der Waals surface area (Å²) in [6.45, 7) is 1.62. The van der Waals surface area contributed by atoms with Gasteiger partial charge in [0, 0.05) is 12.8 Å². The Hall–Kier alpha value is -2.73. The highest BCUT2D eigenvalue weighted by molar-refractivity contribution is 5.99. The molecule has 2 aromatic carbocycles. The van der Waals surface area contributed by atoms with E-state index in [0.29, 0.717) is 5.56 Å². The maximum absolute atomic E-state index is 13.5. The van der Waals surface area contributed by atoms with Crippen molar-refractivity contribution in [2.24, 2.45) is 5.73 Å². The summed E-state index contributed by atoms with van der Waals surface area (Å²) in [6.07, 6.45) is 0. The molecule has 23 heavy (non-hydrogen) atoms. The molecule has 0 unspecified atom stereocenters. The lowest BCUT2D eigenvalue weighted by Gasteiger charge is -2.27. The average molecular weight is 316 g/mol. The third kappa shape index (κ3) is 3.37. The first kappa shape index (κ1) is 16.6. The topological polar surface area (TPSA) is 81.4 Å². The lowest BCUT2D eigenvalue weighted by Crippen LogP contribution is -2.39. The van der Waals surface area contributed by atoms with Crippen LogP contribution < -0.4 is 11.1 Å². The molecule has 0 bridgehead atoms. The van der Waals surface area contributed by atoms with Crippen molar-refractivity contribution in [2.75, 3.05) is 12.4 Å². The van der Waals surface area contributed by atoms with Crippen molar-refractivity contribution in [3.05, 3.63) is 65.5 Å². The number of carbonyl (C=O) groups is 2. The summed E-state index contributed by atoms with van der Waals surface area (Å²) in [7, 11) is 1.42. The van der Waals surface area contributed by atoms with Gasteiger partial charge in [-0.2, -0.15) is 0 Å². The highest BCUT2D eigenvalue weighted by Crippen LogP contribution is 2.26. The Morgan fingerprint density at radius 3 is 2.39 bits per heavy atom. The Morgan fingerprint density at radius 2 is 1.83 bits per heavy atom. The molecule has 3 N–H and O–H groups in total. The van der Waals surface area contributed by atoms with Gasteiger partial charge in [-0.25, -0.2) is 4.39 Å². The van der Waals surface area contributed by atoms with Crippen LogP contribution in [0.15, 0.2) is 48.5 Å². The minimum atomic E-state index is -1.23. The minimum Gasteiger partial charge on any atom is -0.366 e. The molecule has 0 radical (unpaired) electrons. The van der Waals surface area contributed by atoms with E-state index in [1.807, 2.05) is 6.07 Å². The maximum Gasteiger partial charge on any atom is 0.260 e. The molecule has 0 saturated carbocycles. The SMILES string of the molecule is CO[C@@](C)(C(=O)Nc1ccc(F)c(C(N)=O)c1)c1ccccc1. The number of nitrogens with one attached hydrogen (secondary N) is 1. The van der Waals surface area contributed by atoms with Crippen LogP contribution in [-0.2, 0) is 15.1 Å². The normalized spacial score (nSPS) is 13.2. The van der Waals surface area contributed by atoms with Crippen molar-refractivity contribution in [3.8, 4) is 0 Å². The molecule has 0 fully saturated rings. The van der Waals surface area contributed by atoms with Gasteiger partial charge >= 0.3 is 0 Å². The Kier molecular flexibility index (Phi) is 4.76. The van der Waals surface area contributed by atoms with Crippen molar-refractivity contribution in [3.63, 3.8) is 0 Å². The molecule has 2 aromatic rings. The summed E-state index contributed by atoms with van der Waals surface area (Å²) in [5.74, 6) is -2.10. The van der Waals surface area contributed by atoms with Gasteiger partial charge in [-0.3, -0.25) is 9.59 Å². The Labute approximate surface area is 133 Å². The fraction of sp³-hybridized carbons (Fsp3) is 0.176. The van der Waals surface area contributed by atoms with E-state index < -0.39 is 23.2 Å². The maximum atomic E-state index is 13.5. The van der Waals surface area contributed by atoms with E-state index in [1.54, 1.807) is 31.2 Å². The summed E-state index contributed by atoms with van der Waals surface area (Å²) < 4.78 is 18.9. The molecule has 0 heterocycles. The molecule has 2 amide bonds. The van der Waals surface area contributed by atoms with E-state index in [1.165, 1.54) is 19.2 Å². The second kappa shape index (κ2) is 6.58. The standard InChI is InChI=1S/C17H17FN2O3/c1-17(23-2,11-6-4-3-5-7-11)16(22)20-12-8-9-14(18)13(10-12)15(19)21/h3-10H,1-2H3,(H2,19,21)(H,20,22)/t17-/m1/s1. The van der Waals surface area contributed by atoms with Gasteiger partial charge in [-0.05, 0) is 30.7 Å². The summed E-state index contributed by atoms with van der Waals surface area (Å²) in [6, 6.07) is 12.6. The van der Waals surface area contributed by atoms with Crippen LogP contribution >= 0.6 is 0 Å². The highest BCUT2D eigenvalue weighted by atomic mass is 19.1. The first-order valence-corrected chi connectivity index (χ1v) is 6.90. The molecule has 0 aliphatic rings. The van der Waals surface area contributed by atoms with Gasteiger partial charge < -0.3 is 15.8 Å². The number of anilines is 1. The number of halogens is 1. The van der Waals surface area contributed by atoms with Crippen molar-refractivity contribution < 1.29 is 18.7 Å². The number of primary amides is 1. The Morgan fingerprint density at radius 1 is 1.17 bits per heavy atom. The van der Waals surface area contributed by atoms with Crippen LogP contribution in [0.25, 0.3) is 0 Å².